The lowest BCUT2D eigenvalue weighted by molar-refractivity contribution is -0.192. The van der Waals surface area contributed by atoms with Gasteiger partial charge >= 0.3 is 24.3 Å². The first-order chi connectivity index (χ1) is 11.2. The molecule has 0 aliphatic rings. The van der Waals surface area contributed by atoms with Crippen LogP contribution in [0.2, 0.25) is 0 Å². The molecule has 0 aliphatic carbocycles. The molecule has 0 rings (SSSR count). The summed E-state index contributed by atoms with van der Waals surface area (Å²) in [7, 11) is 0. The van der Waals surface area contributed by atoms with E-state index in [1.807, 2.05) is 0 Å². The van der Waals surface area contributed by atoms with Crippen molar-refractivity contribution in [2.24, 2.45) is 5.41 Å². The fourth-order valence-corrected chi connectivity index (χ4v) is 1.87. The van der Waals surface area contributed by atoms with Crippen LogP contribution in [0.3, 0.4) is 0 Å². The molecule has 4 nitrogen and oxygen atoms in total. The molecule has 0 bridgehead atoms. The van der Waals surface area contributed by atoms with E-state index < -0.39 is 42.9 Å². The standard InChI is InChI=1S/C15H22F6O4/c1-13(2,12(23)25-10-15(19,20)21)8-6-4-3-5-7-11(22)24-9-14(16,17)18/h3-10H2,1-2H3. The Morgan fingerprint density at radius 1 is 0.760 bits per heavy atom. The van der Waals surface area contributed by atoms with E-state index in [-0.39, 0.29) is 6.42 Å². The summed E-state index contributed by atoms with van der Waals surface area (Å²) in [5, 5.41) is 0. The molecule has 0 amide bonds. The van der Waals surface area contributed by atoms with Crippen molar-refractivity contribution in [2.45, 2.75) is 64.7 Å². The maximum atomic E-state index is 12.0. The van der Waals surface area contributed by atoms with Crippen LogP contribution in [0, 0.1) is 5.41 Å². The predicted molar refractivity (Wildman–Crippen MR) is 75.5 cm³/mol. The minimum Gasteiger partial charge on any atom is -0.456 e. The van der Waals surface area contributed by atoms with Crippen molar-refractivity contribution in [3.05, 3.63) is 0 Å². The summed E-state index contributed by atoms with van der Waals surface area (Å²) >= 11 is 0. The normalized spacial score (nSPS) is 12.8. The molecule has 0 atom stereocenters. The van der Waals surface area contributed by atoms with Gasteiger partial charge in [-0.3, -0.25) is 9.59 Å². The van der Waals surface area contributed by atoms with Gasteiger partial charge in [-0.15, -0.1) is 0 Å². The summed E-state index contributed by atoms with van der Waals surface area (Å²) < 4.78 is 79.7. The van der Waals surface area contributed by atoms with Crippen LogP contribution in [0.4, 0.5) is 26.3 Å². The number of alkyl halides is 6. The van der Waals surface area contributed by atoms with E-state index in [2.05, 4.69) is 9.47 Å². The van der Waals surface area contributed by atoms with E-state index in [1.165, 1.54) is 13.8 Å². The van der Waals surface area contributed by atoms with Crippen LogP contribution in [0.1, 0.15) is 52.4 Å². The Hall–Kier alpha value is -1.48. The Bertz CT molecular complexity index is 429. The number of halogens is 6. The van der Waals surface area contributed by atoms with E-state index in [1.54, 1.807) is 0 Å². The SMILES string of the molecule is CC(C)(CCCCCCC(=O)OCC(F)(F)F)C(=O)OCC(F)(F)F. The van der Waals surface area contributed by atoms with Gasteiger partial charge in [0.15, 0.2) is 13.2 Å². The van der Waals surface area contributed by atoms with Crippen molar-refractivity contribution >= 4 is 11.9 Å². The molecule has 0 fully saturated rings. The van der Waals surface area contributed by atoms with Crippen molar-refractivity contribution in [3.8, 4) is 0 Å². The zero-order valence-electron chi connectivity index (χ0n) is 14.1. The number of ether oxygens (including phenoxy) is 2. The highest BCUT2D eigenvalue weighted by atomic mass is 19.4. The van der Waals surface area contributed by atoms with Gasteiger partial charge in [-0.1, -0.05) is 19.3 Å². The lowest BCUT2D eigenvalue weighted by atomic mass is 9.87. The number of hydrogen-bond donors (Lipinski definition) is 0. The van der Waals surface area contributed by atoms with Crippen molar-refractivity contribution in [3.63, 3.8) is 0 Å². The van der Waals surface area contributed by atoms with E-state index in [4.69, 9.17) is 0 Å². The monoisotopic (exact) mass is 380 g/mol. The van der Waals surface area contributed by atoms with E-state index >= 15 is 0 Å². The lowest BCUT2D eigenvalue weighted by Crippen LogP contribution is -2.30. The van der Waals surface area contributed by atoms with Gasteiger partial charge in [-0.05, 0) is 26.7 Å². The van der Waals surface area contributed by atoms with Crippen molar-refractivity contribution in [1.82, 2.24) is 0 Å². The maximum Gasteiger partial charge on any atom is 0.422 e. The fraction of sp³-hybridized carbons (Fsp3) is 0.867. The number of unbranched alkanes of at least 4 members (excludes halogenated alkanes) is 3. The highest BCUT2D eigenvalue weighted by molar-refractivity contribution is 5.75. The Morgan fingerprint density at radius 3 is 1.76 bits per heavy atom. The van der Waals surface area contributed by atoms with Gasteiger partial charge in [0, 0.05) is 6.42 Å². The third-order valence-electron chi connectivity index (χ3n) is 3.25. The van der Waals surface area contributed by atoms with Gasteiger partial charge < -0.3 is 9.47 Å². The first kappa shape index (κ1) is 23.5. The highest BCUT2D eigenvalue weighted by Gasteiger charge is 2.34. The Morgan fingerprint density at radius 2 is 1.24 bits per heavy atom. The number of rotatable bonds is 10. The van der Waals surface area contributed by atoms with E-state index in [0.717, 1.165) is 0 Å². The van der Waals surface area contributed by atoms with E-state index in [0.29, 0.717) is 32.1 Å². The molecule has 0 radical (unpaired) electrons. The van der Waals surface area contributed by atoms with Gasteiger partial charge in [0.25, 0.3) is 0 Å². The molecular weight excluding hydrogens is 358 g/mol. The quantitative estimate of drug-likeness (QED) is 0.317. The average Bonchev–Trinajstić information content (AvgIpc) is 2.44. The third-order valence-corrected chi connectivity index (χ3v) is 3.25. The van der Waals surface area contributed by atoms with Crippen LogP contribution in [-0.2, 0) is 19.1 Å². The molecule has 0 aromatic heterocycles. The molecule has 10 heteroatoms. The molecule has 0 spiro atoms. The van der Waals surface area contributed by atoms with Gasteiger partial charge in [-0.25, -0.2) is 0 Å². The van der Waals surface area contributed by atoms with Gasteiger partial charge in [0.1, 0.15) is 0 Å². The topological polar surface area (TPSA) is 52.6 Å². The molecule has 0 aliphatic heterocycles. The minimum absolute atomic E-state index is 0.146. The summed E-state index contributed by atoms with van der Waals surface area (Å²) in [4.78, 5) is 22.6. The molecule has 148 valence electrons. The van der Waals surface area contributed by atoms with Gasteiger partial charge in [0.05, 0.1) is 5.41 Å². The first-order valence-electron chi connectivity index (χ1n) is 7.69. The molecule has 0 aromatic carbocycles. The van der Waals surface area contributed by atoms with Crippen molar-refractivity contribution < 1.29 is 45.4 Å². The molecule has 0 saturated heterocycles. The Balaban J connectivity index is 3.85. The molecule has 0 N–H and O–H groups in total. The highest BCUT2D eigenvalue weighted by Crippen LogP contribution is 2.27. The van der Waals surface area contributed by atoms with Gasteiger partial charge in [0.2, 0.25) is 0 Å². The summed E-state index contributed by atoms with van der Waals surface area (Å²) in [6.45, 7) is -0.296. The van der Waals surface area contributed by atoms with Crippen LogP contribution in [0.15, 0.2) is 0 Å². The van der Waals surface area contributed by atoms with Crippen molar-refractivity contribution in [1.29, 1.82) is 0 Å². The Kier molecular flexibility index (Phi) is 9.28. The molecule has 0 heterocycles. The summed E-state index contributed by atoms with van der Waals surface area (Å²) in [6, 6.07) is 0. The zero-order valence-corrected chi connectivity index (χ0v) is 14.1. The third kappa shape index (κ3) is 13.5. The molecule has 0 aromatic rings. The largest absolute Gasteiger partial charge is 0.456 e. The number of carbonyl (C=O) groups is 2. The second-order valence-electron chi connectivity index (χ2n) is 6.27. The van der Waals surface area contributed by atoms with Crippen LogP contribution in [-0.4, -0.2) is 37.5 Å². The van der Waals surface area contributed by atoms with Gasteiger partial charge in [-0.2, -0.15) is 26.3 Å². The van der Waals surface area contributed by atoms with Crippen molar-refractivity contribution in [2.75, 3.05) is 13.2 Å². The predicted octanol–water partition coefficient (Wildman–Crippen LogP) is 4.56. The smallest absolute Gasteiger partial charge is 0.422 e. The second-order valence-corrected chi connectivity index (χ2v) is 6.27. The molecular formula is C15H22F6O4. The van der Waals surface area contributed by atoms with Crippen LogP contribution < -0.4 is 0 Å². The average molecular weight is 380 g/mol. The Labute approximate surface area is 141 Å². The number of carbonyl (C=O) groups excluding carboxylic acids is 2. The molecule has 25 heavy (non-hydrogen) atoms. The summed E-state index contributed by atoms with van der Waals surface area (Å²) in [6.07, 6.45) is -7.05. The molecule has 0 unspecified atom stereocenters. The maximum absolute atomic E-state index is 12.0. The van der Waals surface area contributed by atoms with E-state index in [9.17, 15) is 35.9 Å². The van der Waals surface area contributed by atoms with Crippen LogP contribution in [0.25, 0.3) is 0 Å². The number of esters is 2. The molecule has 0 saturated carbocycles. The summed E-state index contributed by atoms with van der Waals surface area (Å²) in [5.41, 5.74) is -1.07. The second kappa shape index (κ2) is 9.86. The first-order valence-corrected chi connectivity index (χ1v) is 7.69. The minimum atomic E-state index is -4.58. The summed E-state index contributed by atoms with van der Waals surface area (Å²) in [5.74, 6) is -1.88. The fourth-order valence-electron chi connectivity index (χ4n) is 1.87. The number of hydrogen-bond acceptors (Lipinski definition) is 4. The lowest BCUT2D eigenvalue weighted by Gasteiger charge is -2.22. The van der Waals surface area contributed by atoms with Crippen LogP contribution in [0.5, 0.6) is 0 Å². The van der Waals surface area contributed by atoms with Crippen LogP contribution >= 0.6 is 0 Å². The zero-order chi connectivity index (χ0) is 19.7.